The van der Waals surface area contributed by atoms with Crippen molar-refractivity contribution in [3.8, 4) is 0 Å². The van der Waals surface area contributed by atoms with Crippen LogP contribution in [0.5, 0.6) is 0 Å². The molecule has 1 saturated heterocycles. The molecule has 82 heavy (non-hydrogen) atoms. The highest BCUT2D eigenvalue weighted by Crippen LogP contribution is 2.39. The Labute approximate surface area is 478 Å². The van der Waals surface area contributed by atoms with Gasteiger partial charge in [0, 0.05) is 56.3 Å². The van der Waals surface area contributed by atoms with E-state index in [0.717, 1.165) is 4.90 Å². The van der Waals surface area contributed by atoms with Gasteiger partial charge in [0.1, 0.15) is 64.8 Å². The predicted molar refractivity (Wildman–Crippen MR) is 293 cm³/mol. The molecular formula is C54H88N8O20. The predicted octanol–water partition coefficient (Wildman–Crippen LogP) is 3.49. The molecule has 2 fully saturated rings. The number of nitro groups is 1. The third-order valence-electron chi connectivity index (χ3n) is 12.7. The van der Waals surface area contributed by atoms with Crippen LogP contribution in [0.25, 0.3) is 0 Å². The van der Waals surface area contributed by atoms with Gasteiger partial charge in [0.2, 0.25) is 5.91 Å². The zero-order valence-electron chi connectivity index (χ0n) is 49.7. The standard InChI is InChI=1S/C54H88N8O20/c1-29(58-47(69)80-51(5,6)7)25-56-33-21-20-32(26-57-45(67)75-27-30-16-18-31(19-17-30)62(73)74)77-40(33)37-34(60-48(70)81-52(8,9)10)24-35(59-43(66)36(63)22-23-55-46(68)79-50(2,3)4)41(38(37)64)78-44-39(65)42(54(14,72)28-76-44)61(15)49(71)82-53(11,12)13/h16-20,29,33-42,44,56,63-65,72H,21-28H2,1-15H3,(H,55,68)(H,57,67)(H,58,69)(H,59,66)(H,60,70)/t29-,33+,34-,35+,36-,37+,38-,39+,40?,41-,42+,44+,54-/m0/s1. The van der Waals surface area contributed by atoms with Gasteiger partial charge in [-0.15, -0.1) is 0 Å². The second kappa shape index (κ2) is 28.3. The molecule has 2 heterocycles. The molecule has 0 aromatic heterocycles. The van der Waals surface area contributed by atoms with E-state index in [-0.39, 0.29) is 57.0 Å². The molecule has 6 amide bonds. The Kier molecular flexibility index (Phi) is 23.6. The summed E-state index contributed by atoms with van der Waals surface area (Å²) in [7, 11) is 1.30. The molecule has 3 aliphatic rings. The largest absolute Gasteiger partial charge is 0.491 e. The van der Waals surface area contributed by atoms with Gasteiger partial charge in [-0.3, -0.25) is 14.9 Å². The van der Waals surface area contributed by atoms with E-state index < -0.39 is 149 Å². The highest BCUT2D eigenvalue weighted by atomic mass is 16.7. The van der Waals surface area contributed by atoms with Crippen LogP contribution in [0.15, 0.2) is 36.1 Å². The molecule has 10 N–H and O–H groups in total. The zero-order chi connectivity index (χ0) is 61.9. The number of non-ortho nitro benzene ring substituents is 1. The fourth-order valence-electron chi connectivity index (χ4n) is 9.29. The molecule has 28 heteroatoms. The Morgan fingerprint density at radius 3 is 1.98 bits per heavy atom. The summed E-state index contributed by atoms with van der Waals surface area (Å²) >= 11 is 0. The number of benzene rings is 1. The van der Waals surface area contributed by atoms with E-state index in [1.807, 2.05) is 0 Å². The van der Waals surface area contributed by atoms with Gasteiger partial charge in [-0.2, -0.15) is 0 Å². The smallest absolute Gasteiger partial charge is 0.410 e. The molecule has 28 nitrogen and oxygen atoms in total. The van der Waals surface area contributed by atoms with Crippen LogP contribution in [0, 0.1) is 16.0 Å². The maximum Gasteiger partial charge on any atom is 0.410 e. The molecule has 1 unspecified atom stereocenters. The molecule has 1 aliphatic carbocycles. The van der Waals surface area contributed by atoms with Crippen LogP contribution in [-0.2, 0) is 49.3 Å². The highest BCUT2D eigenvalue weighted by Gasteiger charge is 2.56. The Morgan fingerprint density at radius 1 is 0.805 bits per heavy atom. The lowest BCUT2D eigenvalue weighted by molar-refractivity contribution is -0.384. The first kappa shape index (κ1) is 68.2. The Balaban J connectivity index is 1.78. The van der Waals surface area contributed by atoms with Gasteiger partial charge in [-0.25, -0.2) is 24.0 Å². The van der Waals surface area contributed by atoms with E-state index in [9.17, 15) is 59.3 Å². The van der Waals surface area contributed by atoms with E-state index >= 15 is 0 Å². The number of alkyl carbamates (subject to hydrolysis) is 4. The highest BCUT2D eigenvalue weighted by molar-refractivity contribution is 5.81. The van der Waals surface area contributed by atoms with Gasteiger partial charge >= 0.3 is 30.5 Å². The lowest BCUT2D eigenvalue weighted by atomic mass is 9.72. The van der Waals surface area contributed by atoms with E-state index in [1.165, 1.54) is 38.2 Å². The topological polar surface area (TPSA) is 376 Å². The van der Waals surface area contributed by atoms with E-state index in [1.54, 1.807) is 96.1 Å². The van der Waals surface area contributed by atoms with Crippen LogP contribution in [-0.4, -0.2) is 195 Å². The third kappa shape index (κ3) is 21.8. The van der Waals surface area contributed by atoms with Crippen molar-refractivity contribution in [2.75, 3.05) is 33.3 Å². The number of nitro benzene ring substituents is 1. The van der Waals surface area contributed by atoms with Gasteiger partial charge in [-0.05, 0) is 140 Å². The first-order valence-corrected chi connectivity index (χ1v) is 27.2. The maximum atomic E-state index is 14.1. The SMILES string of the molecule is C[C@@H](CN[C@@H]1CC=C(CNC(=O)OCc2ccc([N+](=O)[O-])cc2)OC1[C@H]1[C@H](O)[C@@H](O[C@H]2OC[C@](C)(O)[C@H](N(C)C(=O)OC(C)(C)C)[C@H]2O)[C@H](NC(=O)[C@@H](O)CCNC(=O)OC(C)(C)C)C[C@@H]1NC(=O)OC(C)(C)C)NC(=O)OC(C)(C)C. The quantitative estimate of drug-likeness (QED) is 0.0538. The number of nitrogens with one attached hydrogen (secondary N) is 6. The van der Waals surface area contributed by atoms with E-state index in [4.69, 9.17) is 37.9 Å². The molecule has 1 saturated carbocycles. The summed E-state index contributed by atoms with van der Waals surface area (Å²) in [6.45, 7) is 21.7. The average Bonchev–Trinajstić information content (AvgIpc) is 3.36. The molecular weight excluding hydrogens is 1080 g/mol. The normalized spacial score (nSPS) is 26.6. The summed E-state index contributed by atoms with van der Waals surface area (Å²) < 4.78 is 46.5. The fourth-order valence-corrected chi connectivity index (χ4v) is 9.29. The second-order valence-corrected chi connectivity index (χ2v) is 25.0. The molecule has 4 rings (SSSR count). The molecule has 0 bridgehead atoms. The van der Waals surface area contributed by atoms with Gasteiger partial charge in [0.15, 0.2) is 6.29 Å². The number of nitrogens with zero attached hydrogens (tertiary/aromatic N) is 2. The second-order valence-electron chi connectivity index (χ2n) is 25.0. The number of hydrogen-bond acceptors (Lipinski definition) is 21. The monoisotopic (exact) mass is 1170 g/mol. The summed E-state index contributed by atoms with van der Waals surface area (Å²) in [6, 6.07) is -0.00115. The van der Waals surface area contributed by atoms with Crippen molar-refractivity contribution in [2.24, 2.45) is 5.92 Å². The lowest BCUT2D eigenvalue weighted by Gasteiger charge is -2.52. The minimum atomic E-state index is -1.91. The van der Waals surface area contributed by atoms with Crippen molar-refractivity contribution >= 4 is 42.1 Å². The number of rotatable bonds is 19. The number of aliphatic hydroxyl groups excluding tert-OH is 3. The fraction of sp³-hybridized carbons (Fsp3) is 0.741. The van der Waals surface area contributed by atoms with Gasteiger partial charge in [0.25, 0.3) is 5.69 Å². The molecule has 0 radical (unpaired) electrons. The minimum absolute atomic E-state index is 0.0843. The van der Waals surface area contributed by atoms with Gasteiger partial charge in [-0.1, -0.05) is 0 Å². The Morgan fingerprint density at radius 2 is 1.39 bits per heavy atom. The van der Waals surface area contributed by atoms with Crippen LogP contribution in [0.2, 0.25) is 0 Å². The van der Waals surface area contributed by atoms with Crippen LogP contribution >= 0.6 is 0 Å². The molecule has 2 aliphatic heterocycles. The molecule has 1 aromatic carbocycles. The summed E-state index contributed by atoms with van der Waals surface area (Å²) in [4.78, 5) is 91.3. The summed E-state index contributed by atoms with van der Waals surface area (Å²) in [5.74, 6) is -2.13. The first-order chi connectivity index (χ1) is 37.7. The van der Waals surface area contributed by atoms with Crippen molar-refractivity contribution < 1.29 is 92.0 Å². The number of carbonyl (C=O) groups is 6. The molecule has 13 atom stereocenters. The number of amides is 6. The number of ether oxygens (including phenoxy) is 8. The van der Waals surface area contributed by atoms with Gasteiger partial charge in [0.05, 0.1) is 36.3 Å². The van der Waals surface area contributed by atoms with Crippen molar-refractivity contribution in [1.82, 2.24) is 36.8 Å². The Hall–Kier alpha value is -6.30. The first-order valence-electron chi connectivity index (χ1n) is 27.2. The van der Waals surface area contributed by atoms with Crippen molar-refractivity contribution in [1.29, 1.82) is 0 Å². The van der Waals surface area contributed by atoms with Crippen LogP contribution in [0.4, 0.5) is 29.7 Å². The molecule has 0 spiro atoms. The molecule has 1 aromatic rings. The van der Waals surface area contributed by atoms with Crippen LogP contribution in [0.1, 0.15) is 122 Å². The van der Waals surface area contributed by atoms with Crippen molar-refractivity contribution in [3.63, 3.8) is 0 Å². The third-order valence-corrected chi connectivity index (χ3v) is 12.7. The lowest BCUT2D eigenvalue weighted by Crippen LogP contribution is -2.71. The van der Waals surface area contributed by atoms with Crippen molar-refractivity contribution in [2.45, 2.75) is 218 Å². The minimum Gasteiger partial charge on any atom is -0.491 e. The van der Waals surface area contributed by atoms with E-state index in [2.05, 4.69) is 31.9 Å². The number of carbonyl (C=O) groups excluding carboxylic acids is 6. The maximum absolute atomic E-state index is 14.1. The average molecular weight is 1170 g/mol. The summed E-state index contributed by atoms with van der Waals surface area (Å²) in [5, 5.41) is 75.9. The van der Waals surface area contributed by atoms with Crippen LogP contribution in [0.3, 0.4) is 0 Å². The molecule has 464 valence electrons. The number of aliphatic hydroxyl groups is 4. The number of hydrogen-bond donors (Lipinski definition) is 10. The zero-order valence-corrected chi connectivity index (χ0v) is 49.7. The summed E-state index contributed by atoms with van der Waals surface area (Å²) in [6.07, 6.45) is -13.2. The van der Waals surface area contributed by atoms with E-state index in [0.29, 0.717) is 5.56 Å². The van der Waals surface area contributed by atoms with Crippen LogP contribution < -0.4 is 31.9 Å². The Bertz CT molecular complexity index is 2380. The number of likely N-dealkylation sites (N-methyl/N-ethyl adjacent to an activating group) is 1. The van der Waals surface area contributed by atoms with Gasteiger partial charge < -0.3 is 95.1 Å². The summed E-state index contributed by atoms with van der Waals surface area (Å²) in [5.41, 5.74) is -5.27. The van der Waals surface area contributed by atoms with Crippen molar-refractivity contribution in [3.05, 3.63) is 51.8 Å².